The van der Waals surface area contributed by atoms with Gasteiger partial charge in [-0.2, -0.15) is 26.0 Å². The molecular formula is C18H26F4O9S. The summed E-state index contributed by atoms with van der Waals surface area (Å²) < 4.78 is 97.3. The Balaban J connectivity index is 1.91. The Hall–Kier alpha value is -1.51. The molecule has 2 rings (SSSR count). The molecule has 14 heteroatoms. The molecule has 4 unspecified atom stereocenters. The highest BCUT2D eigenvalue weighted by Gasteiger charge is 2.65. The van der Waals surface area contributed by atoms with E-state index in [9.17, 15) is 40.7 Å². The number of carbonyl (C=O) groups is 2. The molecule has 1 saturated heterocycles. The Kier molecular flexibility index (Phi) is 7.85. The van der Waals surface area contributed by atoms with Gasteiger partial charge in [0.1, 0.15) is 12.7 Å². The van der Waals surface area contributed by atoms with Crippen LogP contribution in [0.1, 0.15) is 46.0 Å². The van der Waals surface area contributed by atoms with Crippen molar-refractivity contribution in [2.45, 2.75) is 74.9 Å². The molecule has 2 aliphatic rings. The zero-order chi connectivity index (χ0) is 24.5. The number of hydrogen-bond acceptors (Lipinski definition) is 8. The highest BCUT2D eigenvalue weighted by atomic mass is 32.2. The molecule has 2 bridgehead atoms. The third-order valence-corrected chi connectivity index (χ3v) is 7.15. The quantitative estimate of drug-likeness (QED) is 0.251. The second-order valence-corrected chi connectivity index (χ2v) is 9.45. The molecule has 0 radical (unpaired) electrons. The molecule has 186 valence electrons. The number of hydrogen-bond donors (Lipinski definition) is 2. The minimum absolute atomic E-state index is 0.200. The van der Waals surface area contributed by atoms with E-state index in [4.69, 9.17) is 14.0 Å². The van der Waals surface area contributed by atoms with Crippen molar-refractivity contribution in [2.24, 2.45) is 11.8 Å². The van der Waals surface area contributed by atoms with Crippen molar-refractivity contribution in [3.8, 4) is 0 Å². The zero-order valence-corrected chi connectivity index (χ0v) is 18.2. The molecule has 2 N–H and O–H groups in total. The van der Waals surface area contributed by atoms with Gasteiger partial charge in [0.25, 0.3) is 0 Å². The van der Waals surface area contributed by atoms with Crippen LogP contribution in [0.15, 0.2) is 0 Å². The summed E-state index contributed by atoms with van der Waals surface area (Å²) in [5.41, 5.74) is -1.15. The maximum Gasteiger partial charge on any atom is 0.431 e. The average Bonchev–Trinajstić information content (AvgIpc) is 3.01. The number of aliphatic hydroxyl groups is 1. The van der Waals surface area contributed by atoms with Gasteiger partial charge < -0.3 is 19.3 Å². The molecule has 1 saturated carbocycles. The molecule has 1 aliphatic heterocycles. The van der Waals surface area contributed by atoms with Crippen LogP contribution in [0.2, 0.25) is 0 Å². The molecule has 0 aromatic heterocycles. The predicted octanol–water partition coefficient (Wildman–Crippen LogP) is 1.92. The summed E-state index contributed by atoms with van der Waals surface area (Å²) in [6.07, 6.45) is -2.07. The van der Waals surface area contributed by atoms with E-state index in [1.54, 1.807) is 13.8 Å². The Morgan fingerprint density at radius 2 is 1.78 bits per heavy atom. The lowest BCUT2D eigenvalue weighted by Crippen LogP contribution is -2.48. The van der Waals surface area contributed by atoms with Crippen LogP contribution >= 0.6 is 0 Å². The monoisotopic (exact) mass is 494 g/mol. The van der Waals surface area contributed by atoms with Gasteiger partial charge in [-0.05, 0) is 19.3 Å². The van der Waals surface area contributed by atoms with Crippen molar-refractivity contribution in [1.82, 2.24) is 0 Å². The largest absolute Gasteiger partial charge is 0.464 e. The van der Waals surface area contributed by atoms with Crippen LogP contribution in [0.5, 0.6) is 0 Å². The standard InChI is InChI=1S/C18H26F4O9S/c1-3-16(25,4-2)11-8-12(13-7-10(11)15(24)31-13)30-9-14(23)29-6-5-17(19,20)18(21,22)32(26,27)28/h10-13,25H,3-9H2,1-2H3,(H,26,27,28). The van der Waals surface area contributed by atoms with E-state index in [1.165, 1.54) is 0 Å². The Morgan fingerprint density at radius 3 is 2.31 bits per heavy atom. The normalized spacial score (nSPS) is 26.7. The summed E-state index contributed by atoms with van der Waals surface area (Å²) in [6.45, 7) is 1.50. The second kappa shape index (κ2) is 9.39. The molecule has 4 atom stereocenters. The third-order valence-electron chi connectivity index (χ3n) is 6.20. The van der Waals surface area contributed by atoms with Crippen molar-refractivity contribution >= 4 is 22.1 Å². The molecule has 2 fully saturated rings. The lowest BCUT2D eigenvalue weighted by atomic mass is 9.67. The average molecular weight is 494 g/mol. The molecule has 0 amide bonds. The van der Waals surface area contributed by atoms with E-state index in [1.807, 2.05) is 0 Å². The van der Waals surface area contributed by atoms with Crippen LogP contribution < -0.4 is 0 Å². The lowest BCUT2D eigenvalue weighted by Gasteiger charge is -2.41. The first-order valence-corrected chi connectivity index (χ1v) is 11.5. The summed E-state index contributed by atoms with van der Waals surface area (Å²) in [6, 6.07) is 0. The number of esters is 2. The van der Waals surface area contributed by atoms with E-state index < -0.39 is 82.5 Å². The number of fused-ring (bicyclic) bond motifs is 2. The molecule has 1 aliphatic carbocycles. The number of ether oxygens (including phenoxy) is 3. The molecule has 0 aromatic carbocycles. The van der Waals surface area contributed by atoms with Gasteiger partial charge in [0.15, 0.2) is 0 Å². The first-order valence-electron chi connectivity index (χ1n) is 10.0. The summed E-state index contributed by atoms with van der Waals surface area (Å²) in [4.78, 5) is 23.9. The molecular weight excluding hydrogens is 468 g/mol. The van der Waals surface area contributed by atoms with Gasteiger partial charge in [0, 0.05) is 12.3 Å². The van der Waals surface area contributed by atoms with Crippen molar-refractivity contribution in [3.63, 3.8) is 0 Å². The van der Waals surface area contributed by atoms with Crippen LogP contribution in [-0.4, -0.2) is 72.2 Å². The zero-order valence-electron chi connectivity index (χ0n) is 17.4. The summed E-state index contributed by atoms with van der Waals surface area (Å²) in [5.74, 6) is -7.85. The smallest absolute Gasteiger partial charge is 0.431 e. The first kappa shape index (κ1) is 26.7. The summed E-state index contributed by atoms with van der Waals surface area (Å²) in [5, 5.41) is 5.10. The van der Waals surface area contributed by atoms with Crippen molar-refractivity contribution in [1.29, 1.82) is 0 Å². The fourth-order valence-electron chi connectivity index (χ4n) is 4.14. The lowest BCUT2D eigenvalue weighted by molar-refractivity contribution is -0.177. The first-order chi connectivity index (χ1) is 14.6. The van der Waals surface area contributed by atoms with Crippen molar-refractivity contribution in [2.75, 3.05) is 13.2 Å². The van der Waals surface area contributed by atoms with Crippen molar-refractivity contribution < 1.29 is 59.4 Å². The van der Waals surface area contributed by atoms with Gasteiger partial charge >= 0.3 is 33.2 Å². The van der Waals surface area contributed by atoms with Crippen molar-refractivity contribution in [3.05, 3.63) is 0 Å². The van der Waals surface area contributed by atoms with Gasteiger partial charge in [-0.1, -0.05) is 13.8 Å². The van der Waals surface area contributed by atoms with Gasteiger partial charge in [0.2, 0.25) is 0 Å². The van der Waals surface area contributed by atoms with Crippen LogP contribution in [0.4, 0.5) is 17.6 Å². The number of rotatable bonds is 11. The van der Waals surface area contributed by atoms with E-state index in [0.717, 1.165) is 0 Å². The fraction of sp³-hybridized carbons (Fsp3) is 0.889. The minimum atomic E-state index is -6.38. The van der Waals surface area contributed by atoms with Gasteiger partial charge in [-0.25, -0.2) is 4.79 Å². The van der Waals surface area contributed by atoms with E-state index >= 15 is 0 Å². The van der Waals surface area contributed by atoms with Crippen LogP contribution in [0, 0.1) is 11.8 Å². The predicted molar refractivity (Wildman–Crippen MR) is 98.4 cm³/mol. The SMILES string of the molecule is CCC(O)(CC)C1CC(OCC(=O)OCCC(F)(F)C(F)(F)S(=O)(=O)O)C2CC1C(=O)O2. The van der Waals surface area contributed by atoms with Gasteiger partial charge in [-0.3, -0.25) is 9.35 Å². The molecule has 9 nitrogen and oxygen atoms in total. The third kappa shape index (κ3) is 5.18. The minimum Gasteiger partial charge on any atom is -0.464 e. The Labute approximate surface area is 182 Å². The number of carbonyl (C=O) groups excluding carboxylic acids is 2. The Bertz CT molecular complexity index is 813. The topological polar surface area (TPSA) is 136 Å². The van der Waals surface area contributed by atoms with Crippen LogP contribution in [-0.2, 0) is 33.9 Å². The molecule has 1 heterocycles. The van der Waals surface area contributed by atoms with Crippen LogP contribution in [0.25, 0.3) is 0 Å². The van der Waals surface area contributed by atoms with Crippen LogP contribution in [0.3, 0.4) is 0 Å². The Morgan fingerprint density at radius 1 is 1.19 bits per heavy atom. The maximum absolute atomic E-state index is 13.4. The molecule has 0 aromatic rings. The summed E-state index contributed by atoms with van der Waals surface area (Å²) >= 11 is 0. The fourth-order valence-corrected chi connectivity index (χ4v) is 4.62. The van der Waals surface area contributed by atoms with Gasteiger partial charge in [-0.15, -0.1) is 0 Å². The highest BCUT2D eigenvalue weighted by Crippen LogP contribution is 2.47. The number of alkyl halides is 4. The second-order valence-electron chi connectivity index (χ2n) is 7.99. The highest BCUT2D eigenvalue weighted by molar-refractivity contribution is 7.87. The molecule has 32 heavy (non-hydrogen) atoms. The van der Waals surface area contributed by atoms with E-state index in [-0.39, 0.29) is 12.8 Å². The molecule has 0 spiro atoms. The summed E-state index contributed by atoms with van der Waals surface area (Å²) in [7, 11) is -6.38. The maximum atomic E-state index is 13.4. The van der Waals surface area contributed by atoms with Gasteiger partial charge in [0.05, 0.1) is 30.7 Å². The van der Waals surface area contributed by atoms with E-state index in [0.29, 0.717) is 12.8 Å². The van der Waals surface area contributed by atoms with E-state index in [2.05, 4.69) is 4.74 Å². The number of halogens is 4.